The van der Waals surface area contributed by atoms with Gasteiger partial charge in [0.1, 0.15) is 5.82 Å². The molecule has 0 amide bonds. The molecule has 2 heterocycles. The van der Waals surface area contributed by atoms with Gasteiger partial charge in [-0.05, 0) is 48.8 Å². The molecular weight excluding hydrogens is 410 g/mol. The molecule has 0 saturated carbocycles. The molecule has 1 aromatic heterocycles. The molecule has 154 valence electrons. The Morgan fingerprint density at radius 3 is 2.70 bits per heavy atom. The van der Waals surface area contributed by atoms with Crippen LogP contribution in [0, 0.1) is 11.3 Å². The van der Waals surface area contributed by atoms with E-state index in [0.717, 1.165) is 47.5 Å². The maximum atomic E-state index is 13.2. The van der Waals surface area contributed by atoms with Crippen LogP contribution < -0.4 is 10.6 Å². The van der Waals surface area contributed by atoms with E-state index in [1.54, 1.807) is 23.1 Å². The first-order valence-electron chi connectivity index (χ1n) is 10.4. The summed E-state index contributed by atoms with van der Waals surface area (Å²) in [6.45, 7) is 4.27. The van der Waals surface area contributed by atoms with Gasteiger partial charge in [0.15, 0.2) is 5.78 Å². The van der Waals surface area contributed by atoms with Gasteiger partial charge in [-0.2, -0.15) is 5.26 Å². The number of benzene rings is 1. The second-order valence-corrected chi connectivity index (χ2v) is 10.1. The second-order valence-electron chi connectivity index (χ2n) is 7.39. The van der Waals surface area contributed by atoms with Crippen LogP contribution in [-0.4, -0.2) is 11.5 Å². The predicted molar refractivity (Wildman–Crippen MR) is 124 cm³/mol. The number of nitrogens with zero attached hydrogens (tertiary/aromatic N) is 2. The summed E-state index contributed by atoms with van der Waals surface area (Å²) in [5.41, 5.74) is 10.8. The molecule has 4 nitrogen and oxygen atoms in total. The molecule has 0 saturated heterocycles. The van der Waals surface area contributed by atoms with Crippen LogP contribution in [-0.2, 0) is 11.2 Å². The molecule has 0 unspecified atom stereocenters. The summed E-state index contributed by atoms with van der Waals surface area (Å²) in [6, 6.07) is 14.4. The first-order valence-corrected chi connectivity index (χ1v) is 12.2. The zero-order chi connectivity index (χ0) is 21.3. The Kier molecular flexibility index (Phi) is 6.03. The molecular formula is C24H25N3OS2. The third-order valence-electron chi connectivity index (χ3n) is 5.64. The van der Waals surface area contributed by atoms with Gasteiger partial charge in [-0.3, -0.25) is 9.69 Å². The lowest BCUT2D eigenvalue weighted by molar-refractivity contribution is -0.116. The van der Waals surface area contributed by atoms with E-state index in [1.165, 1.54) is 9.09 Å². The fourth-order valence-corrected chi connectivity index (χ4v) is 6.71. The van der Waals surface area contributed by atoms with Gasteiger partial charge in [0.05, 0.1) is 21.8 Å². The average Bonchev–Trinajstić information content (AvgIpc) is 3.16. The van der Waals surface area contributed by atoms with Crippen molar-refractivity contribution in [1.82, 2.24) is 0 Å². The van der Waals surface area contributed by atoms with Crippen LogP contribution in [0.3, 0.4) is 0 Å². The van der Waals surface area contributed by atoms with Crippen LogP contribution in [0.15, 0.2) is 63.3 Å². The van der Waals surface area contributed by atoms with Crippen molar-refractivity contribution < 1.29 is 4.79 Å². The minimum Gasteiger partial charge on any atom is -0.384 e. The number of aryl methyl sites for hydroxylation is 1. The molecule has 0 fully saturated rings. The zero-order valence-electron chi connectivity index (χ0n) is 17.3. The van der Waals surface area contributed by atoms with Crippen LogP contribution in [0.4, 0.5) is 5.69 Å². The Balaban J connectivity index is 1.97. The molecule has 1 aliphatic heterocycles. The molecule has 0 radical (unpaired) electrons. The van der Waals surface area contributed by atoms with Crippen molar-refractivity contribution in [2.24, 2.45) is 5.73 Å². The Bertz CT molecular complexity index is 1080. The first-order chi connectivity index (χ1) is 14.6. The Hall–Kier alpha value is -2.49. The molecule has 1 aromatic carbocycles. The topological polar surface area (TPSA) is 70.1 Å². The number of carbonyl (C=O) groups is 1. The number of thiophene rings is 1. The van der Waals surface area contributed by atoms with E-state index < -0.39 is 0 Å². The van der Waals surface area contributed by atoms with Crippen LogP contribution in [0.25, 0.3) is 0 Å². The highest BCUT2D eigenvalue weighted by molar-refractivity contribution is 8.01. The van der Waals surface area contributed by atoms with Crippen molar-refractivity contribution in [2.75, 3.05) is 10.7 Å². The van der Waals surface area contributed by atoms with Crippen molar-refractivity contribution in [3.8, 4) is 6.07 Å². The van der Waals surface area contributed by atoms with Crippen LogP contribution >= 0.6 is 23.1 Å². The van der Waals surface area contributed by atoms with Crippen molar-refractivity contribution >= 4 is 34.6 Å². The number of Topliss-reactive ketones (excluding diaryl/α,β-unsaturated/α-hetero) is 1. The van der Waals surface area contributed by atoms with E-state index in [0.29, 0.717) is 17.8 Å². The highest BCUT2D eigenvalue weighted by atomic mass is 32.2. The number of allylic oxidation sites excluding steroid dienone is 3. The Labute approximate surface area is 186 Å². The van der Waals surface area contributed by atoms with Gasteiger partial charge < -0.3 is 5.73 Å². The first kappa shape index (κ1) is 20.8. The molecule has 0 spiro atoms. The molecule has 2 aromatic rings. The fourth-order valence-electron chi connectivity index (χ4n) is 4.33. The van der Waals surface area contributed by atoms with E-state index >= 15 is 0 Å². The SMILES string of the molecule is CCSc1sc(CC)cc1[C@H]1C(C#N)=C(N)N(c2ccccc2)C2=C1C(=O)CCC2. The molecule has 1 aliphatic carbocycles. The Morgan fingerprint density at radius 1 is 1.27 bits per heavy atom. The van der Waals surface area contributed by atoms with Gasteiger partial charge >= 0.3 is 0 Å². The normalized spacial score (nSPS) is 19.2. The van der Waals surface area contributed by atoms with Gasteiger partial charge in [-0.15, -0.1) is 23.1 Å². The van der Waals surface area contributed by atoms with Gasteiger partial charge in [-0.1, -0.05) is 32.0 Å². The number of para-hydroxylation sites is 1. The van der Waals surface area contributed by atoms with E-state index in [4.69, 9.17) is 5.73 Å². The van der Waals surface area contributed by atoms with Gasteiger partial charge in [0.25, 0.3) is 0 Å². The predicted octanol–water partition coefficient (Wildman–Crippen LogP) is 5.73. The number of ketones is 1. The quantitative estimate of drug-likeness (QED) is 0.608. The molecule has 2 N–H and O–H groups in total. The summed E-state index contributed by atoms with van der Waals surface area (Å²) >= 11 is 3.55. The molecule has 2 aliphatic rings. The average molecular weight is 436 g/mol. The van der Waals surface area contributed by atoms with Crippen LogP contribution in [0.1, 0.15) is 49.5 Å². The van der Waals surface area contributed by atoms with E-state index in [9.17, 15) is 10.1 Å². The van der Waals surface area contributed by atoms with E-state index in [1.807, 2.05) is 35.2 Å². The number of hydrogen-bond acceptors (Lipinski definition) is 6. The zero-order valence-corrected chi connectivity index (χ0v) is 18.9. The highest BCUT2D eigenvalue weighted by Crippen LogP contribution is 2.49. The number of anilines is 1. The van der Waals surface area contributed by atoms with Crippen molar-refractivity contribution in [1.29, 1.82) is 5.26 Å². The summed E-state index contributed by atoms with van der Waals surface area (Å²) in [5.74, 6) is 1.15. The lowest BCUT2D eigenvalue weighted by Gasteiger charge is -2.39. The van der Waals surface area contributed by atoms with Crippen LogP contribution in [0.5, 0.6) is 0 Å². The lowest BCUT2D eigenvalue weighted by Crippen LogP contribution is -2.38. The third-order valence-corrected chi connectivity index (χ3v) is 8.12. The number of rotatable bonds is 5. The number of thioether (sulfide) groups is 1. The summed E-state index contributed by atoms with van der Waals surface area (Å²) in [6.07, 6.45) is 3.06. The van der Waals surface area contributed by atoms with Crippen molar-refractivity contribution in [3.05, 3.63) is 69.5 Å². The van der Waals surface area contributed by atoms with Gasteiger partial charge in [0.2, 0.25) is 0 Å². The fraction of sp³-hybridized carbons (Fsp3) is 0.333. The third kappa shape index (κ3) is 3.46. The minimum absolute atomic E-state index is 0.138. The summed E-state index contributed by atoms with van der Waals surface area (Å²) in [5, 5.41) is 10.2. The van der Waals surface area contributed by atoms with Crippen LogP contribution in [0.2, 0.25) is 0 Å². The smallest absolute Gasteiger partial charge is 0.161 e. The minimum atomic E-state index is -0.372. The number of nitriles is 1. The number of carbonyl (C=O) groups excluding carboxylic acids is 1. The summed E-state index contributed by atoms with van der Waals surface area (Å²) in [7, 11) is 0. The number of nitrogens with two attached hydrogens (primary N) is 1. The number of hydrogen-bond donors (Lipinski definition) is 1. The Morgan fingerprint density at radius 2 is 2.03 bits per heavy atom. The molecule has 30 heavy (non-hydrogen) atoms. The lowest BCUT2D eigenvalue weighted by atomic mass is 9.76. The van der Waals surface area contributed by atoms with E-state index in [2.05, 4.69) is 26.0 Å². The monoisotopic (exact) mass is 435 g/mol. The maximum Gasteiger partial charge on any atom is 0.161 e. The molecule has 1 atom stereocenters. The van der Waals surface area contributed by atoms with Crippen molar-refractivity contribution in [2.45, 2.75) is 49.7 Å². The molecule has 4 rings (SSSR count). The standard InChI is InChI=1S/C24H25N3OS2/c1-3-16-13-17(24(30-16)29-4-2)21-18(14-25)23(26)27(15-9-6-5-7-10-15)19-11-8-12-20(28)22(19)21/h5-7,9-10,13,21H,3-4,8,11-12,26H2,1-2H3/t21-/m0/s1. The summed E-state index contributed by atoms with van der Waals surface area (Å²) in [4.78, 5) is 16.4. The molecule has 0 bridgehead atoms. The van der Waals surface area contributed by atoms with E-state index in [-0.39, 0.29) is 11.7 Å². The van der Waals surface area contributed by atoms with Gasteiger partial charge in [-0.25, -0.2) is 0 Å². The van der Waals surface area contributed by atoms with Crippen molar-refractivity contribution in [3.63, 3.8) is 0 Å². The summed E-state index contributed by atoms with van der Waals surface area (Å²) < 4.78 is 1.19. The highest BCUT2D eigenvalue weighted by Gasteiger charge is 2.41. The van der Waals surface area contributed by atoms with Gasteiger partial charge in [0, 0.05) is 28.3 Å². The maximum absolute atomic E-state index is 13.2. The molecule has 6 heteroatoms. The largest absolute Gasteiger partial charge is 0.384 e. The second kappa shape index (κ2) is 8.71.